The predicted octanol–water partition coefficient (Wildman–Crippen LogP) is 4.37. The van der Waals surface area contributed by atoms with Crippen molar-refractivity contribution in [3.63, 3.8) is 0 Å². The fourth-order valence-corrected chi connectivity index (χ4v) is 7.47. The second kappa shape index (κ2) is 12.7. The SMILES string of the molecule is CN1CCN(C2(COc3nc4c(c(N5CCN(C(=O)O)C(CC#N)C5)n3)CCN(c3cccc5cccc(C(F)F)c35)C4)CC2)CC1. The molecule has 3 fully saturated rings. The largest absolute Gasteiger partial charge is 0.465 e. The number of anilines is 2. The first-order valence-corrected chi connectivity index (χ1v) is 16.4. The number of nitriles is 1. The van der Waals surface area contributed by atoms with E-state index in [-0.39, 0.29) is 30.1 Å². The Kier molecular flexibility index (Phi) is 8.48. The van der Waals surface area contributed by atoms with Crippen LogP contribution < -0.4 is 14.5 Å². The van der Waals surface area contributed by atoms with Gasteiger partial charge in [0.05, 0.1) is 36.3 Å². The molecule has 1 atom stereocenters. The molecule has 7 rings (SSSR count). The third-order valence-electron chi connectivity index (χ3n) is 10.3. The van der Waals surface area contributed by atoms with E-state index in [1.54, 1.807) is 6.07 Å². The number of piperazine rings is 2. The Balaban J connectivity index is 1.22. The van der Waals surface area contributed by atoms with Crippen molar-refractivity contribution in [3.05, 3.63) is 53.2 Å². The van der Waals surface area contributed by atoms with E-state index in [2.05, 4.69) is 32.7 Å². The normalized spacial score (nSPS) is 21.5. The number of fused-ring (bicyclic) bond motifs is 2. The van der Waals surface area contributed by atoms with E-state index in [1.807, 2.05) is 24.3 Å². The van der Waals surface area contributed by atoms with Crippen LogP contribution in [0.3, 0.4) is 0 Å². The molecule has 1 saturated carbocycles. The molecular formula is C34H40F2N8O3. The van der Waals surface area contributed by atoms with Crippen LogP contribution in [0.1, 0.15) is 42.5 Å². The van der Waals surface area contributed by atoms with Gasteiger partial charge in [-0.1, -0.05) is 30.3 Å². The topological polar surface area (TPSA) is 112 Å². The van der Waals surface area contributed by atoms with Crippen LogP contribution in [-0.2, 0) is 13.0 Å². The van der Waals surface area contributed by atoms with E-state index in [4.69, 9.17) is 14.7 Å². The van der Waals surface area contributed by atoms with Crippen molar-refractivity contribution in [2.45, 2.75) is 50.2 Å². The lowest BCUT2D eigenvalue weighted by Crippen LogP contribution is -2.55. The number of halogens is 2. The van der Waals surface area contributed by atoms with Crippen LogP contribution in [0.5, 0.6) is 6.01 Å². The van der Waals surface area contributed by atoms with E-state index in [9.17, 15) is 23.9 Å². The summed E-state index contributed by atoms with van der Waals surface area (Å²) in [6.45, 7) is 6.46. The summed E-state index contributed by atoms with van der Waals surface area (Å²) in [7, 11) is 2.14. The van der Waals surface area contributed by atoms with Crippen molar-refractivity contribution in [2.24, 2.45) is 0 Å². The van der Waals surface area contributed by atoms with Gasteiger partial charge in [0.25, 0.3) is 6.43 Å². The van der Waals surface area contributed by atoms with Gasteiger partial charge in [-0.25, -0.2) is 13.6 Å². The van der Waals surface area contributed by atoms with Crippen LogP contribution in [0.15, 0.2) is 36.4 Å². The number of amides is 1. The van der Waals surface area contributed by atoms with Crippen LogP contribution in [0.25, 0.3) is 10.8 Å². The highest BCUT2D eigenvalue weighted by molar-refractivity contribution is 5.97. The number of carbonyl (C=O) groups is 1. The van der Waals surface area contributed by atoms with Crippen molar-refractivity contribution in [2.75, 3.05) is 75.8 Å². The van der Waals surface area contributed by atoms with Gasteiger partial charge in [0.15, 0.2) is 0 Å². The highest BCUT2D eigenvalue weighted by Crippen LogP contribution is 2.43. The summed E-state index contributed by atoms with van der Waals surface area (Å²) in [5.41, 5.74) is 2.44. The maximum atomic E-state index is 14.2. The van der Waals surface area contributed by atoms with Crippen molar-refractivity contribution < 1.29 is 23.4 Å². The van der Waals surface area contributed by atoms with Crippen LogP contribution in [0.4, 0.5) is 25.1 Å². The molecule has 0 spiro atoms. The maximum Gasteiger partial charge on any atom is 0.407 e. The predicted molar refractivity (Wildman–Crippen MR) is 173 cm³/mol. The smallest absolute Gasteiger partial charge is 0.407 e. The van der Waals surface area contributed by atoms with Gasteiger partial charge in [0.1, 0.15) is 12.4 Å². The summed E-state index contributed by atoms with van der Waals surface area (Å²) in [6, 6.07) is 12.6. The van der Waals surface area contributed by atoms with Crippen molar-refractivity contribution in [1.82, 2.24) is 24.7 Å². The zero-order chi connectivity index (χ0) is 32.7. The summed E-state index contributed by atoms with van der Waals surface area (Å²) in [4.78, 5) is 32.2. The first-order valence-electron chi connectivity index (χ1n) is 16.4. The molecule has 248 valence electrons. The fraction of sp³-hybridized carbons (Fsp3) is 0.529. The average Bonchev–Trinajstić information content (AvgIpc) is 3.87. The Bertz CT molecular complexity index is 1680. The number of alkyl halides is 2. The molecule has 2 saturated heterocycles. The lowest BCUT2D eigenvalue weighted by Gasteiger charge is -2.41. The average molecular weight is 647 g/mol. The van der Waals surface area contributed by atoms with Crippen LogP contribution in [0, 0.1) is 11.3 Å². The van der Waals surface area contributed by atoms with Gasteiger partial charge in [-0.3, -0.25) is 4.90 Å². The van der Waals surface area contributed by atoms with Crippen LogP contribution in [-0.4, -0.2) is 113 Å². The standard InChI is InChI=1S/C34H40F2N8O3/c1-40-14-17-43(18-15-40)34(10-11-34)22-47-32-38-27-21-41(28-7-3-5-23-4-2-6-26(29(23)28)30(35)36)13-9-25(27)31(39-32)42-16-19-44(33(45)46)24(20-42)8-12-37/h2-7,24,30H,8-11,13-22H2,1H3,(H,45,46). The summed E-state index contributed by atoms with van der Waals surface area (Å²) >= 11 is 0. The van der Waals surface area contributed by atoms with E-state index >= 15 is 0 Å². The maximum absolute atomic E-state index is 14.2. The number of carboxylic acid groups (broad SMARTS) is 1. The number of ether oxygens (including phenoxy) is 1. The molecule has 1 N–H and O–H groups in total. The molecule has 1 unspecified atom stereocenters. The van der Waals surface area contributed by atoms with E-state index in [0.717, 1.165) is 61.4 Å². The highest BCUT2D eigenvalue weighted by Gasteiger charge is 2.49. The second-order valence-corrected chi connectivity index (χ2v) is 13.2. The van der Waals surface area contributed by atoms with E-state index < -0.39 is 18.6 Å². The number of aromatic nitrogens is 2. The Hall–Kier alpha value is -4.28. The van der Waals surface area contributed by atoms with Gasteiger partial charge >= 0.3 is 12.1 Å². The van der Waals surface area contributed by atoms with Gasteiger partial charge < -0.3 is 29.4 Å². The number of benzene rings is 2. The van der Waals surface area contributed by atoms with Gasteiger partial charge in [-0.05, 0) is 37.8 Å². The molecule has 1 amide bonds. The molecule has 11 nitrogen and oxygen atoms in total. The Morgan fingerprint density at radius 1 is 1.06 bits per heavy atom. The van der Waals surface area contributed by atoms with Crippen LogP contribution in [0.2, 0.25) is 0 Å². The monoisotopic (exact) mass is 646 g/mol. The molecule has 3 aliphatic heterocycles. The Morgan fingerprint density at radius 2 is 1.83 bits per heavy atom. The molecule has 1 aromatic heterocycles. The number of rotatable bonds is 8. The minimum Gasteiger partial charge on any atom is -0.465 e. The first kappa shape index (κ1) is 31.3. The third kappa shape index (κ3) is 6.12. The molecule has 3 aromatic rings. The highest BCUT2D eigenvalue weighted by atomic mass is 19.3. The molecule has 2 aromatic carbocycles. The summed E-state index contributed by atoms with van der Waals surface area (Å²) in [5.74, 6) is 0.702. The quantitative estimate of drug-likeness (QED) is 0.379. The lowest BCUT2D eigenvalue weighted by molar-refractivity contribution is 0.0650. The van der Waals surface area contributed by atoms with Gasteiger partial charge in [-0.15, -0.1) is 0 Å². The molecule has 0 radical (unpaired) electrons. The molecule has 1 aliphatic carbocycles. The van der Waals surface area contributed by atoms with Crippen molar-refractivity contribution in [3.8, 4) is 12.1 Å². The molecule has 4 heterocycles. The zero-order valence-corrected chi connectivity index (χ0v) is 26.6. The molecular weight excluding hydrogens is 606 g/mol. The molecule has 4 aliphatic rings. The van der Waals surface area contributed by atoms with Gasteiger partial charge in [0.2, 0.25) is 0 Å². The van der Waals surface area contributed by atoms with E-state index in [0.29, 0.717) is 50.4 Å². The molecule has 0 bridgehead atoms. The number of nitrogens with zero attached hydrogens (tertiary/aromatic N) is 8. The number of hydrogen-bond donors (Lipinski definition) is 1. The number of likely N-dealkylation sites (N-methyl/N-ethyl adjacent to an activating group) is 1. The van der Waals surface area contributed by atoms with Gasteiger partial charge in [-0.2, -0.15) is 15.2 Å². The van der Waals surface area contributed by atoms with Crippen molar-refractivity contribution in [1.29, 1.82) is 5.26 Å². The second-order valence-electron chi connectivity index (χ2n) is 13.2. The van der Waals surface area contributed by atoms with E-state index in [1.165, 1.54) is 11.0 Å². The first-order chi connectivity index (χ1) is 22.8. The Labute approximate surface area is 272 Å². The van der Waals surface area contributed by atoms with Gasteiger partial charge in [0, 0.05) is 74.6 Å². The number of hydrogen-bond acceptors (Lipinski definition) is 9. The summed E-state index contributed by atoms with van der Waals surface area (Å²) < 4.78 is 34.8. The van der Waals surface area contributed by atoms with Crippen LogP contribution >= 0.6 is 0 Å². The lowest BCUT2D eigenvalue weighted by atomic mass is 9.99. The molecule has 47 heavy (non-hydrogen) atoms. The Morgan fingerprint density at radius 3 is 2.53 bits per heavy atom. The van der Waals surface area contributed by atoms with Crippen molar-refractivity contribution >= 4 is 28.4 Å². The summed E-state index contributed by atoms with van der Waals surface area (Å²) in [6.07, 6.45) is -0.872. The minimum absolute atomic E-state index is 0.00905. The third-order valence-corrected chi connectivity index (χ3v) is 10.3. The fourth-order valence-electron chi connectivity index (χ4n) is 7.47. The molecule has 13 heteroatoms. The summed E-state index contributed by atoms with van der Waals surface area (Å²) in [5, 5.41) is 20.5. The minimum atomic E-state index is -2.60. The zero-order valence-electron chi connectivity index (χ0n) is 26.6.